The fourth-order valence-corrected chi connectivity index (χ4v) is 2.35. The molecule has 1 N–H and O–H groups in total. The molecule has 3 rings (SSSR count). The molecule has 0 aliphatic rings. The van der Waals surface area contributed by atoms with Gasteiger partial charge in [-0.25, -0.2) is 4.98 Å². The Hall–Kier alpha value is -2.40. The Labute approximate surface area is 133 Å². The van der Waals surface area contributed by atoms with Crippen molar-refractivity contribution in [3.05, 3.63) is 65.3 Å². The van der Waals surface area contributed by atoms with Gasteiger partial charge in [-0.2, -0.15) is 0 Å². The van der Waals surface area contributed by atoms with E-state index in [1.807, 2.05) is 28.8 Å². The number of carbonyl (C=O) groups is 1. The molecule has 3 heterocycles. The Balaban J connectivity index is 1.53. The zero-order chi connectivity index (χ0) is 15.4. The van der Waals surface area contributed by atoms with Gasteiger partial charge in [-0.3, -0.25) is 9.78 Å². The zero-order valence-electron chi connectivity index (χ0n) is 11.9. The summed E-state index contributed by atoms with van der Waals surface area (Å²) < 4.78 is 1.85. The zero-order valence-corrected chi connectivity index (χ0v) is 12.6. The van der Waals surface area contributed by atoms with Crippen LogP contribution in [0.2, 0.25) is 5.02 Å². The molecular weight excluding hydrogens is 300 g/mol. The van der Waals surface area contributed by atoms with Crippen molar-refractivity contribution in [2.24, 2.45) is 0 Å². The molecule has 112 valence electrons. The number of hydrogen-bond donors (Lipinski definition) is 1. The van der Waals surface area contributed by atoms with Gasteiger partial charge in [0, 0.05) is 31.2 Å². The predicted molar refractivity (Wildman–Crippen MR) is 84.6 cm³/mol. The summed E-state index contributed by atoms with van der Waals surface area (Å²) in [5.41, 5.74) is 2.67. The molecule has 3 aromatic rings. The van der Waals surface area contributed by atoms with Crippen LogP contribution in [0.25, 0.3) is 5.65 Å². The minimum Gasteiger partial charge on any atom is -0.350 e. The van der Waals surface area contributed by atoms with Gasteiger partial charge in [0.15, 0.2) is 0 Å². The summed E-state index contributed by atoms with van der Waals surface area (Å²) in [4.78, 5) is 20.3. The highest BCUT2D eigenvalue weighted by Gasteiger charge is 2.05. The van der Waals surface area contributed by atoms with Crippen molar-refractivity contribution >= 4 is 23.2 Å². The van der Waals surface area contributed by atoms with Crippen LogP contribution in [0.4, 0.5) is 0 Å². The van der Waals surface area contributed by atoms with E-state index in [0.717, 1.165) is 16.9 Å². The van der Waals surface area contributed by atoms with Gasteiger partial charge in [0.2, 0.25) is 5.91 Å². The number of hydrogen-bond acceptors (Lipinski definition) is 3. The molecule has 0 unspecified atom stereocenters. The van der Waals surface area contributed by atoms with Gasteiger partial charge in [-0.1, -0.05) is 17.7 Å². The van der Waals surface area contributed by atoms with E-state index in [0.29, 0.717) is 24.4 Å². The van der Waals surface area contributed by atoms with Gasteiger partial charge >= 0.3 is 0 Å². The highest BCUT2D eigenvalue weighted by atomic mass is 35.5. The number of pyridine rings is 2. The molecule has 0 fully saturated rings. The van der Waals surface area contributed by atoms with E-state index < -0.39 is 0 Å². The maximum atomic E-state index is 11.9. The molecule has 3 aromatic heterocycles. The number of aromatic nitrogens is 3. The summed E-state index contributed by atoms with van der Waals surface area (Å²) in [5, 5.41) is 3.53. The molecule has 0 saturated heterocycles. The lowest BCUT2D eigenvalue weighted by Gasteiger charge is -2.03. The fourth-order valence-electron chi connectivity index (χ4n) is 2.18. The number of fused-ring (bicyclic) bond motifs is 1. The number of nitrogens with zero attached hydrogens (tertiary/aromatic N) is 3. The van der Waals surface area contributed by atoms with Crippen molar-refractivity contribution in [2.75, 3.05) is 0 Å². The smallest absolute Gasteiger partial charge is 0.220 e. The third-order valence-electron chi connectivity index (χ3n) is 3.30. The Kier molecular flexibility index (Phi) is 4.34. The third-order valence-corrected chi connectivity index (χ3v) is 3.52. The Morgan fingerprint density at radius 2 is 2.18 bits per heavy atom. The van der Waals surface area contributed by atoms with Crippen LogP contribution in [-0.4, -0.2) is 20.3 Å². The van der Waals surface area contributed by atoms with E-state index in [-0.39, 0.29) is 5.91 Å². The number of nitrogens with one attached hydrogen (secondary N) is 1. The maximum Gasteiger partial charge on any atom is 0.220 e. The topological polar surface area (TPSA) is 59.3 Å². The lowest BCUT2D eigenvalue weighted by Crippen LogP contribution is -2.23. The predicted octanol–water partition coefficient (Wildman–Crippen LogP) is 2.63. The Morgan fingerprint density at radius 1 is 1.27 bits per heavy atom. The van der Waals surface area contributed by atoms with Crippen LogP contribution >= 0.6 is 11.6 Å². The summed E-state index contributed by atoms with van der Waals surface area (Å²) >= 11 is 5.93. The Bertz CT molecular complexity index is 785. The van der Waals surface area contributed by atoms with Crippen LogP contribution in [0.15, 0.2) is 49.1 Å². The summed E-state index contributed by atoms with van der Waals surface area (Å²) in [6, 6.07) is 7.47. The van der Waals surface area contributed by atoms with Crippen molar-refractivity contribution in [3.63, 3.8) is 0 Å². The number of imidazole rings is 1. The van der Waals surface area contributed by atoms with E-state index in [2.05, 4.69) is 15.3 Å². The number of amides is 1. The quantitative estimate of drug-likeness (QED) is 0.787. The van der Waals surface area contributed by atoms with Crippen LogP contribution in [0.3, 0.4) is 0 Å². The molecule has 0 saturated carbocycles. The van der Waals surface area contributed by atoms with Crippen molar-refractivity contribution < 1.29 is 4.79 Å². The van der Waals surface area contributed by atoms with Crippen LogP contribution in [0, 0.1) is 0 Å². The van der Waals surface area contributed by atoms with Gasteiger partial charge in [-0.15, -0.1) is 0 Å². The minimum absolute atomic E-state index is 0.000980. The van der Waals surface area contributed by atoms with Crippen molar-refractivity contribution in [1.29, 1.82) is 0 Å². The lowest BCUT2D eigenvalue weighted by molar-refractivity contribution is -0.121. The van der Waals surface area contributed by atoms with Crippen molar-refractivity contribution in [2.45, 2.75) is 19.4 Å². The van der Waals surface area contributed by atoms with Gasteiger partial charge in [0.25, 0.3) is 0 Å². The summed E-state index contributed by atoms with van der Waals surface area (Å²) in [7, 11) is 0. The molecule has 0 bridgehead atoms. The lowest BCUT2D eigenvalue weighted by atomic mass is 10.1. The van der Waals surface area contributed by atoms with Crippen LogP contribution in [0.5, 0.6) is 0 Å². The van der Waals surface area contributed by atoms with E-state index in [9.17, 15) is 4.79 Å². The monoisotopic (exact) mass is 314 g/mol. The fraction of sp³-hybridized carbons (Fsp3) is 0.188. The molecule has 0 aliphatic carbocycles. The summed E-state index contributed by atoms with van der Waals surface area (Å²) in [6.07, 6.45) is 8.27. The molecule has 1 amide bonds. The average Bonchev–Trinajstić information content (AvgIpc) is 2.94. The largest absolute Gasteiger partial charge is 0.350 e. The standard InChI is InChI=1S/C16H15ClN4O/c17-13-4-5-15-20-14(11-21(15)10-13)9-19-16(22)6-3-12-2-1-7-18-8-12/h1-2,4-5,7-8,10-11H,3,6,9H2,(H,19,22). The first kappa shape index (κ1) is 14.5. The van der Waals surface area contributed by atoms with Crippen molar-refractivity contribution in [3.8, 4) is 0 Å². The molecule has 0 aliphatic heterocycles. The van der Waals surface area contributed by atoms with E-state index in [1.54, 1.807) is 24.7 Å². The summed E-state index contributed by atoms with van der Waals surface area (Å²) in [6.45, 7) is 0.408. The second-order valence-corrected chi connectivity index (χ2v) is 5.42. The van der Waals surface area contributed by atoms with Crippen LogP contribution < -0.4 is 5.32 Å². The number of aryl methyl sites for hydroxylation is 1. The minimum atomic E-state index is -0.000980. The van der Waals surface area contributed by atoms with Crippen molar-refractivity contribution in [1.82, 2.24) is 19.7 Å². The SMILES string of the molecule is O=C(CCc1cccnc1)NCc1cn2cc(Cl)ccc2n1. The maximum absolute atomic E-state index is 11.9. The third kappa shape index (κ3) is 3.62. The molecule has 6 heteroatoms. The van der Waals surface area contributed by atoms with Crippen LogP contribution in [0.1, 0.15) is 17.7 Å². The second-order valence-electron chi connectivity index (χ2n) is 4.98. The first-order valence-electron chi connectivity index (χ1n) is 6.99. The molecule has 0 radical (unpaired) electrons. The first-order valence-corrected chi connectivity index (χ1v) is 7.37. The first-order chi connectivity index (χ1) is 10.7. The second kappa shape index (κ2) is 6.58. The highest BCUT2D eigenvalue weighted by Crippen LogP contribution is 2.11. The van der Waals surface area contributed by atoms with E-state index in [4.69, 9.17) is 11.6 Å². The number of rotatable bonds is 5. The number of carbonyl (C=O) groups excluding carboxylic acids is 1. The molecule has 5 nitrogen and oxygen atoms in total. The van der Waals surface area contributed by atoms with Gasteiger partial charge in [0.1, 0.15) is 5.65 Å². The molecule has 22 heavy (non-hydrogen) atoms. The van der Waals surface area contributed by atoms with E-state index in [1.165, 1.54) is 0 Å². The van der Waals surface area contributed by atoms with Gasteiger partial charge in [-0.05, 0) is 30.2 Å². The molecule has 0 aromatic carbocycles. The van der Waals surface area contributed by atoms with E-state index >= 15 is 0 Å². The molecular formula is C16H15ClN4O. The van der Waals surface area contributed by atoms with Crippen LogP contribution in [-0.2, 0) is 17.8 Å². The van der Waals surface area contributed by atoms with Gasteiger partial charge in [0.05, 0.1) is 17.3 Å². The summed E-state index contributed by atoms with van der Waals surface area (Å²) in [5.74, 6) is -0.000980. The highest BCUT2D eigenvalue weighted by molar-refractivity contribution is 6.30. The molecule has 0 atom stereocenters. The average molecular weight is 315 g/mol. The van der Waals surface area contributed by atoms with Gasteiger partial charge < -0.3 is 9.72 Å². The normalized spacial score (nSPS) is 10.8. The number of halogens is 1. The molecule has 0 spiro atoms. The Morgan fingerprint density at radius 3 is 3.00 bits per heavy atom.